The molecule has 2 heteroatoms. The van der Waals surface area contributed by atoms with Crippen molar-refractivity contribution in [1.29, 1.82) is 0 Å². The van der Waals surface area contributed by atoms with E-state index in [-0.39, 0.29) is 11.8 Å². The number of ether oxygens (including phenoxy) is 2. The molecule has 2 aliphatic heterocycles. The Balaban J connectivity index is 1.66. The maximum Gasteiger partial charge on any atom is 0.131 e. The summed E-state index contributed by atoms with van der Waals surface area (Å²) >= 11 is 0. The van der Waals surface area contributed by atoms with Crippen LogP contribution in [0.15, 0.2) is 91.0 Å². The van der Waals surface area contributed by atoms with Crippen molar-refractivity contribution in [2.24, 2.45) is 0 Å². The number of hydrogen-bond acceptors (Lipinski definition) is 2. The normalized spacial score (nSPS) is 14.7. The fraction of sp³-hybridized carbons (Fsp3) is 0.0769. The van der Waals surface area contributed by atoms with Crippen LogP contribution < -0.4 is 9.47 Å². The van der Waals surface area contributed by atoms with Gasteiger partial charge in [-0.05, 0) is 30.3 Å². The Bertz CT molecular complexity index is 1010. The highest BCUT2D eigenvalue weighted by Gasteiger charge is 2.39. The monoisotopic (exact) mass is 361 g/mol. The summed E-state index contributed by atoms with van der Waals surface area (Å²) in [7, 11) is 0. The molecular weight excluding hydrogens is 344 g/mol. The van der Waals surface area contributed by atoms with Crippen LogP contribution in [-0.4, -0.2) is 0 Å². The van der Waals surface area contributed by atoms with Gasteiger partial charge < -0.3 is 9.47 Å². The molecule has 2 aliphatic rings. The first-order valence-electron chi connectivity index (χ1n) is 9.53. The van der Waals surface area contributed by atoms with Gasteiger partial charge in [0.25, 0.3) is 0 Å². The van der Waals surface area contributed by atoms with E-state index >= 15 is 0 Å². The van der Waals surface area contributed by atoms with Crippen LogP contribution in [0.1, 0.15) is 34.1 Å². The van der Waals surface area contributed by atoms with Gasteiger partial charge in [0.1, 0.15) is 23.0 Å². The highest BCUT2D eigenvalue weighted by molar-refractivity contribution is 5.62. The molecule has 1 atom stereocenters. The number of benzene rings is 4. The second-order valence-electron chi connectivity index (χ2n) is 7.22. The van der Waals surface area contributed by atoms with E-state index in [0.29, 0.717) is 0 Å². The fourth-order valence-corrected chi connectivity index (χ4v) is 4.52. The van der Waals surface area contributed by atoms with Crippen LogP contribution in [0.25, 0.3) is 0 Å². The lowest BCUT2D eigenvalue weighted by molar-refractivity contribution is 0.413. The van der Waals surface area contributed by atoms with Crippen molar-refractivity contribution in [1.82, 2.24) is 0 Å². The number of para-hydroxylation sites is 3. The zero-order valence-corrected chi connectivity index (χ0v) is 15.1. The van der Waals surface area contributed by atoms with Crippen LogP contribution >= 0.6 is 0 Å². The van der Waals surface area contributed by atoms with Crippen LogP contribution in [0.4, 0.5) is 0 Å². The van der Waals surface area contributed by atoms with E-state index in [1.807, 2.05) is 36.4 Å². The van der Waals surface area contributed by atoms with Gasteiger partial charge in [0.2, 0.25) is 0 Å². The maximum atomic E-state index is 6.23. The molecule has 0 amide bonds. The Morgan fingerprint density at radius 2 is 0.964 bits per heavy atom. The van der Waals surface area contributed by atoms with Crippen molar-refractivity contribution in [2.75, 3.05) is 0 Å². The van der Waals surface area contributed by atoms with Crippen LogP contribution in [-0.2, 0) is 0 Å². The predicted molar refractivity (Wildman–Crippen MR) is 108 cm³/mol. The van der Waals surface area contributed by atoms with Gasteiger partial charge >= 0.3 is 0 Å². The molecule has 28 heavy (non-hydrogen) atoms. The van der Waals surface area contributed by atoms with E-state index in [0.717, 1.165) is 28.6 Å². The third-order valence-electron chi connectivity index (χ3n) is 5.69. The smallest absolute Gasteiger partial charge is 0.131 e. The average molecular weight is 361 g/mol. The molecule has 4 aromatic rings. The molecule has 6 rings (SSSR count). The van der Waals surface area contributed by atoms with Crippen molar-refractivity contribution in [3.63, 3.8) is 0 Å². The van der Waals surface area contributed by atoms with Crippen LogP contribution in [0.2, 0.25) is 0 Å². The molecule has 0 saturated heterocycles. The predicted octanol–water partition coefficient (Wildman–Crippen LogP) is 6.66. The fourth-order valence-electron chi connectivity index (χ4n) is 4.52. The first kappa shape index (κ1) is 15.5. The molecule has 0 aliphatic carbocycles. The average Bonchev–Trinajstić information content (AvgIpc) is 2.76. The summed E-state index contributed by atoms with van der Waals surface area (Å²) in [6, 6.07) is 34.5. The maximum absolute atomic E-state index is 6.23. The van der Waals surface area contributed by atoms with E-state index in [9.17, 15) is 0 Å². The number of hydrogen-bond donors (Lipinski definition) is 0. The molecule has 1 radical (unpaired) electrons. The van der Waals surface area contributed by atoms with Crippen LogP contribution in [0.3, 0.4) is 0 Å². The second-order valence-corrected chi connectivity index (χ2v) is 7.22. The van der Waals surface area contributed by atoms with E-state index < -0.39 is 0 Å². The Labute approximate surface area is 164 Å². The number of rotatable bonds is 1. The summed E-state index contributed by atoms with van der Waals surface area (Å²) in [4.78, 5) is 0. The molecule has 133 valence electrons. The number of fused-ring (bicyclic) bond motifs is 4. The SMILES string of the molecule is [c]1cccc2c1C(C1c3ccccc3Oc3ccccc31)c1ccccc1O2. The Kier molecular flexibility index (Phi) is 3.33. The zero-order chi connectivity index (χ0) is 18.5. The van der Waals surface area contributed by atoms with Crippen molar-refractivity contribution < 1.29 is 9.47 Å². The molecular formula is C26H17O2. The first-order valence-corrected chi connectivity index (χ1v) is 9.53. The van der Waals surface area contributed by atoms with Gasteiger partial charge in [-0.25, -0.2) is 0 Å². The summed E-state index contributed by atoms with van der Waals surface area (Å²) in [5.41, 5.74) is 4.68. The van der Waals surface area contributed by atoms with Crippen molar-refractivity contribution in [3.05, 3.63) is 119 Å². The highest BCUT2D eigenvalue weighted by Crippen LogP contribution is 2.56. The van der Waals surface area contributed by atoms with Crippen molar-refractivity contribution in [2.45, 2.75) is 11.8 Å². The van der Waals surface area contributed by atoms with E-state index in [2.05, 4.69) is 60.7 Å². The van der Waals surface area contributed by atoms with Crippen molar-refractivity contribution >= 4 is 0 Å². The lowest BCUT2D eigenvalue weighted by Crippen LogP contribution is -2.21. The second kappa shape index (κ2) is 6.00. The van der Waals surface area contributed by atoms with Gasteiger partial charge in [-0.15, -0.1) is 0 Å². The molecule has 2 heterocycles. The van der Waals surface area contributed by atoms with Gasteiger partial charge in [-0.3, -0.25) is 0 Å². The molecule has 0 N–H and O–H groups in total. The summed E-state index contributed by atoms with van der Waals surface area (Å²) < 4.78 is 12.4. The highest BCUT2D eigenvalue weighted by atomic mass is 16.5. The lowest BCUT2D eigenvalue weighted by Gasteiger charge is -2.37. The standard InChI is InChI=1S/C26H17O2/c1-5-13-21-17(9-1)25(18-10-2-6-14-22(18)27-21)26-19-11-3-7-15-23(19)28-24-16-8-4-12-20(24)26/h1-11,13-16,25-26H. The van der Waals surface area contributed by atoms with Gasteiger partial charge in [0.15, 0.2) is 0 Å². The molecule has 1 unspecified atom stereocenters. The van der Waals surface area contributed by atoms with Gasteiger partial charge in [-0.2, -0.15) is 0 Å². The molecule has 4 aromatic carbocycles. The minimum absolute atomic E-state index is 0.104. The third-order valence-corrected chi connectivity index (χ3v) is 5.69. The summed E-state index contributed by atoms with van der Waals surface area (Å²) in [5.74, 6) is 3.88. The largest absolute Gasteiger partial charge is 0.457 e. The van der Waals surface area contributed by atoms with Gasteiger partial charge in [-0.1, -0.05) is 66.7 Å². The van der Waals surface area contributed by atoms with Gasteiger partial charge in [0.05, 0.1) is 0 Å². The lowest BCUT2D eigenvalue weighted by atomic mass is 9.71. The Morgan fingerprint density at radius 3 is 1.57 bits per heavy atom. The molecule has 0 aromatic heterocycles. The Hall–Kier alpha value is -3.52. The van der Waals surface area contributed by atoms with Crippen LogP contribution in [0.5, 0.6) is 23.0 Å². The van der Waals surface area contributed by atoms with E-state index in [1.54, 1.807) is 0 Å². The Morgan fingerprint density at radius 1 is 0.500 bits per heavy atom. The molecule has 0 saturated carbocycles. The zero-order valence-electron chi connectivity index (χ0n) is 15.1. The molecule has 0 fully saturated rings. The summed E-state index contributed by atoms with van der Waals surface area (Å²) in [6.45, 7) is 0. The first-order chi connectivity index (χ1) is 13.9. The third kappa shape index (κ3) is 2.21. The summed E-state index contributed by atoms with van der Waals surface area (Å²) in [5, 5.41) is 0. The molecule has 2 nitrogen and oxygen atoms in total. The van der Waals surface area contributed by atoms with Crippen molar-refractivity contribution in [3.8, 4) is 23.0 Å². The van der Waals surface area contributed by atoms with Gasteiger partial charge in [0, 0.05) is 34.1 Å². The van der Waals surface area contributed by atoms with Crippen LogP contribution in [0, 0.1) is 6.07 Å². The minimum atomic E-state index is 0.104. The molecule has 0 bridgehead atoms. The quantitative estimate of drug-likeness (QED) is 0.377. The summed E-state index contributed by atoms with van der Waals surface area (Å²) in [6.07, 6.45) is 0. The minimum Gasteiger partial charge on any atom is -0.457 e. The van der Waals surface area contributed by atoms with E-state index in [1.165, 1.54) is 16.7 Å². The topological polar surface area (TPSA) is 18.5 Å². The van der Waals surface area contributed by atoms with E-state index in [4.69, 9.17) is 9.47 Å². The molecule has 0 spiro atoms.